The summed E-state index contributed by atoms with van der Waals surface area (Å²) in [6, 6.07) is 10.5. The Bertz CT molecular complexity index is 665. The zero-order chi connectivity index (χ0) is 11.2. The molecule has 0 radical (unpaired) electrons. The molecule has 0 fully saturated rings. The molecule has 0 saturated heterocycles. The first kappa shape index (κ1) is 11.3. The van der Waals surface area contributed by atoms with Gasteiger partial charge in [-0.1, -0.05) is 18.2 Å². The summed E-state index contributed by atoms with van der Waals surface area (Å²) in [5.41, 5.74) is 6.24. The lowest BCUT2D eigenvalue weighted by atomic mass is 9.98. The van der Waals surface area contributed by atoms with Crippen molar-refractivity contribution in [2.24, 2.45) is 4.99 Å². The van der Waals surface area contributed by atoms with Crippen LogP contribution in [0.2, 0.25) is 0 Å². The minimum atomic E-state index is 0. The molecule has 2 heterocycles. The maximum atomic E-state index is 4.59. The van der Waals surface area contributed by atoms with Gasteiger partial charge in [-0.25, -0.2) is 0 Å². The Morgan fingerprint density at radius 3 is 2.94 bits per heavy atom. The van der Waals surface area contributed by atoms with Crippen LogP contribution in [0, 0.1) is 0 Å². The van der Waals surface area contributed by atoms with Crippen molar-refractivity contribution in [2.75, 3.05) is 0 Å². The maximum absolute atomic E-state index is 4.59. The van der Waals surface area contributed by atoms with Crippen molar-refractivity contribution >= 4 is 29.9 Å². The molecule has 0 atom stereocenters. The summed E-state index contributed by atoms with van der Waals surface area (Å²) in [5.74, 6) is 0. The molecule has 2 aromatic rings. The second kappa shape index (κ2) is 4.14. The van der Waals surface area contributed by atoms with E-state index in [9.17, 15) is 0 Å². The van der Waals surface area contributed by atoms with E-state index in [4.69, 9.17) is 0 Å². The van der Waals surface area contributed by atoms with Crippen molar-refractivity contribution in [2.45, 2.75) is 12.8 Å². The number of hydrogen-bond acceptors (Lipinski definition) is 1. The van der Waals surface area contributed by atoms with Gasteiger partial charge in [0.25, 0.3) is 0 Å². The fourth-order valence-electron chi connectivity index (χ4n) is 2.71. The van der Waals surface area contributed by atoms with E-state index in [1.54, 1.807) is 0 Å². The van der Waals surface area contributed by atoms with Gasteiger partial charge in [0.1, 0.15) is 0 Å². The molecular weight excluding hydrogens is 244 g/mol. The van der Waals surface area contributed by atoms with Crippen LogP contribution in [0.4, 0.5) is 5.69 Å². The van der Waals surface area contributed by atoms with Crippen LogP contribution in [-0.2, 0) is 6.42 Å². The molecule has 1 aromatic heterocycles. The summed E-state index contributed by atoms with van der Waals surface area (Å²) in [6.07, 6.45) is 8.71. The number of aryl methyl sites for hydroxylation is 1. The Kier molecular flexibility index (Phi) is 2.60. The van der Waals surface area contributed by atoms with Gasteiger partial charge in [-0.05, 0) is 36.6 Å². The molecule has 0 saturated carbocycles. The van der Waals surface area contributed by atoms with Gasteiger partial charge in [-0.2, -0.15) is 0 Å². The van der Waals surface area contributed by atoms with Gasteiger partial charge in [-0.15, -0.1) is 12.4 Å². The van der Waals surface area contributed by atoms with E-state index >= 15 is 0 Å². The monoisotopic (exact) mass is 256 g/mol. The van der Waals surface area contributed by atoms with Crippen molar-refractivity contribution < 1.29 is 0 Å². The minimum Gasteiger partial charge on any atom is -0.314 e. The van der Waals surface area contributed by atoms with E-state index in [-0.39, 0.29) is 12.4 Å². The van der Waals surface area contributed by atoms with Gasteiger partial charge in [0, 0.05) is 18.0 Å². The summed E-state index contributed by atoms with van der Waals surface area (Å²) in [7, 11) is 0. The van der Waals surface area contributed by atoms with Gasteiger partial charge in [0.2, 0.25) is 0 Å². The second-order valence-corrected chi connectivity index (χ2v) is 4.50. The van der Waals surface area contributed by atoms with E-state index in [1.165, 1.54) is 22.5 Å². The number of benzene rings is 1. The third-order valence-electron chi connectivity index (χ3n) is 3.51. The molecule has 0 bridgehead atoms. The number of para-hydroxylation sites is 2. The molecule has 90 valence electrons. The fraction of sp³-hybridized carbons (Fsp3) is 0.133. The lowest BCUT2D eigenvalue weighted by Crippen LogP contribution is -2.03. The predicted molar refractivity (Wildman–Crippen MR) is 77.5 cm³/mol. The highest BCUT2D eigenvalue weighted by Gasteiger charge is 2.20. The quantitative estimate of drug-likeness (QED) is 0.679. The number of nitrogens with zero attached hydrogens (tertiary/aromatic N) is 2. The van der Waals surface area contributed by atoms with Gasteiger partial charge < -0.3 is 4.57 Å². The Morgan fingerprint density at radius 1 is 1.11 bits per heavy atom. The molecule has 0 amide bonds. The van der Waals surface area contributed by atoms with Crippen molar-refractivity contribution in [1.82, 2.24) is 4.57 Å². The van der Waals surface area contributed by atoms with Crippen molar-refractivity contribution in [3.8, 4) is 5.69 Å². The van der Waals surface area contributed by atoms with Crippen LogP contribution >= 0.6 is 12.4 Å². The Labute approximate surface area is 112 Å². The highest BCUT2D eigenvalue weighted by Crippen LogP contribution is 2.35. The molecular formula is C15H13ClN2. The summed E-state index contributed by atoms with van der Waals surface area (Å²) >= 11 is 0. The zero-order valence-electron chi connectivity index (χ0n) is 9.84. The van der Waals surface area contributed by atoms with Gasteiger partial charge in [0.05, 0.1) is 17.1 Å². The van der Waals surface area contributed by atoms with Gasteiger partial charge in [-0.3, -0.25) is 4.99 Å². The average Bonchev–Trinajstić information content (AvgIpc) is 2.73. The van der Waals surface area contributed by atoms with Gasteiger partial charge in [0.15, 0.2) is 0 Å². The van der Waals surface area contributed by atoms with Crippen LogP contribution in [0.3, 0.4) is 0 Å². The number of aliphatic imine (C=N–C) groups is 1. The molecule has 0 unspecified atom stereocenters. The molecule has 1 aliphatic heterocycles. The number of rotatable bonds is 0. The molecule has 4 rings (SSSR count). The van der Waals surface area contributed by atoms with Crippen LogP contribution in [0.5, 0.6) is 0 Å². The number of hydrogen-bond donors (Lipinski definition) is 0. The Hall–Kier alpha value is -1.80. The smallest absolute Gasteiger partial charge is 0.0870 e. The van der Waals surface area contributed by atoms with Crippen LogP contribution in [0.15, 0.2) is 47.6 Å². The zero-order valence-corrected chi connectivity index (χ0v) is 10.7. The maximum Gasteiger partial charge on any atom is 0.0870 e. The molecule has 2 aliphatic rings. The highest BCUT2D eigenvalue weighted by atomic mass is 35.5. The fourth-order valence-corrected chi connectivity index (χ4v) is 2.71. The summed E-state index contributed by atoms with van der Waals surface area (Å²) < 4.78 is 2.27. The lowest BCUT2D eigenvalue weighted by molar-refractivity contribution is 0.955. The lowest BCUT2D eigenvalue weighted by Gasteiger charge is -2.14. The van der Waals surface area contributed by atoms with E-state index in [0.29, 0.717) is 0 Å². The molecule has 3 heteroatoms. The van der Waals surface area contributed by atoms with Crippen molar-refractivity contribution in [3.05, 3.63) is 53.9 Å². The molecule has 0 N–H and O–H groups in total. The second-order valence-electron chi connectivity index (χ2n) is 4.50. The molecule has 1 aromatic carbocycles. The third kappa shape index (κ3) is 1.46. The van der Waals surface area contributed by atoms with E-state index in [0.717, 1.165) is 18.5 Å². The van der Waals surface area contributed by atoms with E-state index in [2.05, 4.69) is 46.1 Å². The standard InChI is InChI=1S/C15H12N2.ClH/c1-2-7-14-13(6-1)16-10-12-5-3-4-11-8-9-17(14)15(11)12;/h1-2,5-10H,3-4H2;1H. The normalized spacial score (nSPS) is 15.0. The highest BCUT2D eigenvalue weighted by molar-refractivity contribution is 6.12. The Balaban J connectivity index is 0.000001000. The average molecular weight is 257 g/mol. The summed E-state index contributed by atoms with van der Waals surface area (Å²) in [6.45, 7) is 0. The van der Waals surface area contributed by atoms with E-state index < -0.39 is 0 Å². The summed E-state index contributed by atoms with van der Waals surface area (Å²) in [5, 5.41) is 0. The first-order valence-electron chi connectivity index (χ1n) is 5.98. The van der Waals surface area contributed by atoms with Crippen LogP contribution in [0.1, 0.15) is 17.7 Å². The first-order chi connectivity index (χ1) is 8.43. The largest absolute Gasteiger partial charge is 0.314 e. The SMILES string of the molecule is C1=Nc2ccccc2-n2ccc3c2C1=CCC3.Cl. The number of halogens is 1. The minimum absolute atomic E-state index is 0. The van der Waals surface area contributed by atoms with Crippen LogP contribution < -0.4 is 0 Å². The molecule has 1 aliphatic carbocycles. The molecule has 18 heavy (non-hydrogen) atoms. The molecule has 2 nitrogen and oxygen atoms in total. The van der Waals surface area contributed by atoms with Crippen LogP contribution in [0.25, 0.3) is 11.3 Å². The van der Waals surface area contributed by atoms with Crippen molar-refractivity contribution in [1.29, 1.82) is 0 Å². The van der Waals surface area contributed by atoms with Gasteiger partial charge >= 0.3 is 0 Å². The van der Waals surface area contributed by atoms with E-state index in [1.807, 2.05) is 12.3 Å². The van der Waals surface area contributed by atoms with Crippen LogP contribution in [-0.4, -0.2) is 10.8 Å². The number of allylic oxidation sites excluding steroid dienone is 2. The first-order valence-corrected chi connectivity index (χ1v) is 5.98. The number of fused-ring (bicyclic) bond motifs is 2. The summed E-state index contributed by atoms with van der Waals surface area (Å²) in [4.78, 5) is 4.59. The number of aromatic nitrogens is 1. The predicted octanol–water partition coefficient (Wildman–Crippen LogP) is 3.94. The van der Waals surface area contributed by atoms with Crippen molar-refractivity contribution in [3.63, 3.8) is 0 Å². The Morgan fingerprint density at radius 2 is 2.00 bits per heavy atom. The third-order valence-corrected chi connectivity index (χ3v) is 3.51. The topological polar surface area (TPSA) is 17.3 Å². The molecule has 0 spiro atoms.